The van der Waals surface area contributed by atoms with Crippen LogP contribution in [-0.2, 0) is 14.8 Å². The lowest BCUT2D eigenvalue weighted by Crippen LogP contribution is -2.43. The van der Waals surface area contributed by atoms with Crippen LogP contribution >= 0.6 is 15.9 Å². The zero-order valence-corrected chi connectivity index (χ0v) is 17.4. The smallest absolute Gasteiger partial charge is 0.256 e. The molecule has 1 saturated heterocycles. The zero-order chi connectivity index (χ0) is 20.0. The summed E-state index contributed by atoms with van der Waals surface area (Å²) in [5.41, 5.74) is 0.231. The number of sulfonamides is 1. The van der Waals surface area contributed by atoms with E-state index in [-0.39, 0.29) is 23.7 Å². The van der Waals surface area contributed by atoms with Gasteiger partial charge in [0.25, 0.3) is 5.91 Å². The van der Waals surface area contributed by atoms with Gasteiger partial charge in [-0.2, -0.15) is 4.31 Å². The molecule has 1 aliphatic rings. The van der Waals surface area contributed by atoms with E-state index in [0.717, 1.165) is 4.47 Å². The highest BCUT2D eigenvalue weighted by molar-refractivity contribution is 9.10. The lowest BCUT2D eigenvalue weighted by Gasteiger charge is -2.26. The molecule has 0 spiro atoms. The topological polar surface area (TPSA) is 97.8 Å². The summed E-state index contributed by atoms with van der Waals surface area (Å²) in [6.07, 6.45) is 1.52. The fourth-order valence-electron chi connectivity index (χ4n) is 2.60. The summed E-state index contributed by atoms with van der Waals surface area (Å²) < 4.78 is 37.8. The van der Waals surface area contributed by atoms with Gasteiger partial charge in [0, 0.05) is 30.3 Å². The number of hydrogen-bond acceptors (Lipinski definition) is 6. The number of carbonyl (C=O) groups excluding carboxylic acids is 1. The van der Waals surface area contributed by atoms with Gasteiger partial charge in [-0.05, 0) is 36.4 Å². The number of ether oxygens (including phenoxy) is 2. The van der Waals surface area contributed by atoms with Crippen molar-refractivity contribution in [3.63, 3.8) is 0 Å². The van der Waals surface area contributed by atoms with Crippen LogP contribution in [0.4, 0.5) is 0 Å². The van der Waals surface area contributed by atoms with Gasteiger partial charge >= 0.3 is 0 Å². The number of rotatable bonds is 7. The van der Waals surface area contributed by atoms with Crippen LogP contribution in [0.3, 0.4) is 0 Å². The molecule has 28 heavy (non-hydrogen) atoms. The van der Waals surface area contributed by atoms with Crippen molar-refractivity contribution >= 4 is 31.9 Å². The number of nitrogens with zero attached hydrogens (tertiary/aromatic N) is 2. The van der Waals surface area contributed by atoms with E-state index in [0.29, 0.717) is 32.1 Å². The van der Waals surface area contributed by atoms with Crippen molar-refractivity contribution in [3.05, 3.63) is 52.6 Å². The Kier molecular flexibility index (Phi) is 7.00. The maximum Gasteiger partial charge on any atom is 0.256 e. The number of amides is 1. The van der Waals surface area contributed by atoms with E-state index in [1.54, 1.807) is 24.3 Å². The van der Waals surface area contributed by atoms with Crippen LogP contribution in [0.2, 0.25) is 0 Å². The fourth-order valence-corrected chi connectivity index (χ4v) is 4.19. The van der Waals surface area contributed by atoms with Crippen molar-refractivity contribution in [3.8, 4) is 11.6 Å². The second-order valence-electron chi connectivity index (χ2n) is 6.00. The molecule has 2 aromatic rings. The summed E-state index contributed by atoms with van der Waals surface area (Å²) in [6, 6.07) is 10.3. The number of morpholine rings is 1. The molecule has 10 heteroatoms. The molecule has 150 valence electrons. The quantitative estimate of drug-likeness (QED) is 0.665. The SMILES string of the molecule is O=C(NCCS(=O)(=O)N1CCOCC1)c1cccnc1Oc1ccc(Br)cc1. The van der Waals surface area contributed by atoms with Crippen LogP contribution in [0.15, 0.2) is 47.1 Å². The van der Waals surface area contributed by atoms with Gasteiger partial charge in [0.1, 0.15) is 11.3 Å². The number of halogens is 1. The van der Waals surface area contributed by atoms with Crippen LogP contribution in [0.1, 0.15) is 10.4 Å². The molecular formula is C18H20BrN3O5S. The van der Waals surface area contributed by atoms with Crippen LogP contribution in [0, 0.1) is 0 Å². The molecule has 0 bridgehead atoms. The maximum atomic E-state index is 12.5. The van der Waals surface area contributed by atoms with Crippen molar-refractivity contribution in [2.75, 3.05) is 38.6 Å². The summed E-state index contributed by atoms with van der Waals surface area (Å²) >= 11 is 3.35. The van der Waals surface area contributed by atoms with Crippen molar-refractivity contribution in [2.24, 2.45) is 0 Å². The molecule has 1 aromatic heterocycles. The van der Waals surface area contributed by atoms with Gasteiger partial charge in [-0.1, -0.05) is 15.9 Å². The minimum atomic E-state index is -3.44. The molecule has 0 aliphatic carbocycles. The summed E-state index contributed by atoms with van der Waals surface area (Å²) in [5.74, 6) is 0.0589. The fraction of sp³-hybridized carbons (Fsp3) is 0.333. The summed E-state index contributed by atoms with van der Waals surface area (Å²) in [7, 11) is -3.44. The Hall–Kier alpha value is -2.01. The molecule has 2 heterocycles. The summed E-state index contributed by atoms with van der Waals surface area (Å²) in [5, 5.41) is 2.63. The minimum Gasteiger partial charge on any atom is -0.438 e. The van der Waals surface area contributed by atoms with Gasteiger partial charge in [-0.25, -0.2) is 13.4 Å². The monoisotopic (exact) mass is 469 g/mol. The van der Waals surface area contributed by atoms with E-state index in [9.17, 15) is 13.2 Å². The molecular weight excluding hydrogens is 450 g/mol. The Morgan fingerprint density at radius 2 is 1.93 bits per heavy atom. The van der Waals surface area contributed by atoms with E-state index < -0.39 is 15.9 Å². The number of aromatic nitrogens is 1. The van der Waals surface area contributed by atoms with Gasteiger partial charge in [0.05, 0.1) is 19.0 Å². The van der Waals surface area contributed by atoms with Crippen LogP contribution in [0.25, 0.3) is 0 Å². The van der Waals surface area contributed by atoms with Gasteiger partial charge in [0.15, 0.2) is 0 Å². The van der Waals surface area contributed by atoms with E-state index in [4.69, 9.17) is 9.47 Å². The van der Waals surface area contributed by atoms with E-state index in [1.807, 2.05) is 12.1 Å². The normalized spacial score (nSPS) is 15.2. The lowest BCUT2D eigenvalue weighted by molar-refractivity contribution is 0.0730. The first kappa shape index (κ1) is 20.7. The van der Waals surface area contributed by atoms with Crippen molar-refractivity contribution in [1.82, 2.24) is 14.6 Å². The first-order valence-electron chi connectivity index (χ1n) is 8.68. The molecule has 0 saturated carbocycles. The Labute approximate surface area is 172 Å². The predicted molar refractivity (Wildman–Crippen MR) is 107 cm³/mol. The Bertz CT molecular complexity index is 915. The highest BCUT2D eigenvalue weighted by Gasteiger charge is 2.24. The first-order valence-corrected chi connectivity index (χ1v) is 11.1. The van der Waals surface area contributed by atoms with Crippen molar-refractivity contribution in [1.29, 1.82) is 0 Å². The van der Waals surface area contributed by atoms with Crippen molar-refractivity contribution in [2.45, 2.75) is 0 Å². The highest BCUT2D eigenvalue weighted by Crippen LogP contribution is 2.24. The van der Waals surface area contributed by atoms with Gasteiger partial charge < -0.3 is 14.8 Å². The molecule has 0 unspecified atom stereocenters. The van der Waals surface area contributed by atoms with Gasteiger partial charge in [0.2, 0.25) is 15.9 Å². The third kappa shape index (κ3) is 5.51. The molecule has 0 atom stereocenters. The number of nitrogens with one attached hydrogen (secondary N) is 1. The van der Waals surface area contributed by atoms with Gasteiger partial charge in [-0.15, -0.1) is 0 Å². The van der Waals surface area contributed by atoms with E-state index in [1.165, 1.54) is 10.5 Å². The average Bonchev–Trinajstić information content (AvgIpc) is 2.70. The second-order valence-corrected chi connectivity index (χ2v) is 9.00. The average molecular weight is 470 g/mol. The molecule has 1 amide bonds. The maximum absolute atomic E-state index is 12.5. The zero-order valence-electron chi connectivity index (χ0n) is 15.0. The minimum absolute atomic E-state index is 0.00879. The number of carbonyl (C=O) groups is 1. The Balaban J connectivity index is 1.60. The largest absolute Gasteiger partial charge is 0.438 e. The third-order valence-corrected chi connectivity index (χ3v) is 6.45. The second kappa shape index (κ2) is 9.46. The third-order valence-electron chi connectivity index (χ3n) is 4.05. The lowest BCUT2D eigenvalue weighted by atomic mass is 10.2. The standard InChI is InChI=1S/C18H20BrN3O5S/c19-14-3-5-15(6-4-14)27-18-16(2-1-7-21-18)17(23)20-8-13-28(24,25)22-9-11-26-12-10-22/h1-7H,8-13H2,(H,20,23). The molecule has 0 radical (unpaired) electrons. The Morgan fingerprint density at radius 3 is 2.64 bits per heavy atom. The van der Waals surface area contributed by atoms with Crippen molar-refractivity contribution < 1.29 is 22.7 Å². The number of benzene rings is 1. The van der Waals surface area contributed by atoms with E-state index >= 15 is 0 Å². The summed E-state index contributed by atoms with van der Waals surface area (Å²) in [6.45, 7) is 1.44. The van der Waals surface area contributed by atoms with Crippen LogP contribution < -0.4 is 10.1 Å². The number of hydrogen-bond donors (Lipinski definition) is 1. The molecule has 1 fully saturated rings. The van der Waals surface area contributed by atoms with Gasteiger partial charge in [-0.3, -0.25) is 4.79 Å². The van der Waals surface area contributed by atoms with Crippen LogP contribution in [-0.4, -0.2) is 62.2 Å². The molecule has 1 N–H and O–H groups in total. The predicted octanol–water partition coefficient (Wildman–Crippen LogP) is 2.03. The van der Waals surface area contributed by atoms with Crippen LogP contribution in [0.5, 0.6) is 11.6 Å². The molecule has 3 rings (SSSR count). The summed E-state index contributed by atoms with van der Waals surface area (Å²) in [4.78, 5) is 16.6. The first-order chi connectivity index (χ1) is 13.5. The van der Waals surface area contributed by atoms with E-state index in [2.05, 4.69) is 26.2 Å². The highest BCUT2D eigenvalue weighted by atomic mass is 79.9. The Morgan fingerprint density at radius 1 is 1.21 bits per heavy atom. The molecule has 8 nitrogen and oxygen atoms in total. The molecule has 1 aromatic carbocycles. The number of pyridine rings is 1. The molecule has 1 aliphatic heterocycles.